The van der Waals surface area contributed by atoms with E-state index in [2.05, 4.69) is 10.1 Å². The number of nitrogens with one attached hydrogen (secondary N) is 1. The van der Waals surface area contributed by atoms with Gasteiger partial charge in [-0.3, -0.25) is 4.79 Å². The van der Waals surface area contributed by atoms with E-state index in [1.807, 2.05) is 26.0 Å². The molecule has 0 spiro atoms. The van der Waals surface area contributed by atoms with Crippen LogP contribution in [0.5, 0.6) is 5.75 Å². The van der Waals surface area contributed by atoms with E-state index in [0.29, 0.717) is 6.54 Å². The van der Waals surface area contributed by atoms with Crippen molar-refractivity contribution in [3.63, 3.8) is 0 Å². The van der Waals surface area contributed by atoms with E-state index in [9.17, 15) is 9.90 Å². The van der Waals surface area contributed by atoms with Crippen molar-refractivity contribution in [2.45, 2.75) is 26.4 Å². The Morgan fingerprint density at radius 2 is 2.00 bits per heavy atom. The summed E-state index contributed by atoms with van der Waals surface area (Å²) in [6.45, 7) is 4.20. The highest BCUT2D eigenvalue weighted by atomic mass is 16.5. The van der Waals surface area contributed by atoms with E-state index in [1.165, 1.54) is 7.11 Å². The molecule has 19 heavy (non-hydrogen) atoms. The molecule has 0 aliphatic carbocycles. The molecule has 5 nitrogen and oxygen atoms in total. The van der Waals surface area contributed by atoms with Crippen molar-refractivity contribution in [3.8, 4) is 5.75 Å². The third-order valence-electron chi connectivity index (χ3n) is 2.90. The minimum absolute atomic E-state index is 0.0162. The fraction of sp³-hybridized carbons (Fsp3) is 0.500. The molecule has 0 aromatic heterocycles. The van der Waals surface area contributed by atoms with Gasteiger partial charge in [-0.15, -0.1) is 0 Å². The second-order valence-electron chi connectivity index (χ2n) is 4.45. The van der Waals surface area contributed by atoms with E-state index in [1.54, 1.807) is 7.11 Å². The summed E-state index contributed by atoms with van der Waals surface area (Å²) < 4.78 is 9.74. The standard InChI is InChI=1S/C14H21NO4/c1-9-6-13(18-3)10(2)5-12(9)15-8-11(16)7-14(17)19-4/h5-6,11,15-16H,7-8H2,1-4H3. The average Bonchev–Trinajstić information content (AvgIpc) is 2.39. The second kappa shape index (κ2) is 6.99. The lowest BCUT2D eigenvalue weighted by molar-refractivity contribution is -0.142. The fourth-order valence-corrected chi connectivity index (χ4v) is 1.78. The lowest BCUT2D eigenvalue weighted by Gasteiger charge is -2.15. The number of hydrogen-bond donors (Lipinski definition) is 2. The first kappa shape index (κ1) is 15.3. The number of anilines is 1. The molecule has 1 rings (SSSR count). The lowest BCUT2D eigenvalue weighted by atomic mass is 10.1. The maximum absolute atomic E-state index is 11.0. The summed E-state index contributed by atoms with van der Waals surface area (Å²) in [6, 6.07) is 3.89. The van der Waals surface area contributed by atoms with Gasteiger partial charge in [0, 0.05) is 12.2 Å². The van der Waals surface area contributed by atoms with Crippen LogP contribution >= 0.6 is 0 Å². The number of ether oxygens (including phenoxy) is 2. The number of carbonyl (C=O) groups excluding carboxylic acids is 1. The second-order valence-corrected chi connectivity index (χ2v) is 4.45. The highest BCUT2D eigenvalue weighted by Crippen LogP contribution is 2.25. The van der Waals surface area contributed by atoms with Gasteiger partial charge in [0.25, 0.3) is 0 Å². The molecule has 0 aliphatic heterocycles. The van der Waals surface area contributed by atoms with E-state index in [4.69, 9.17) is 4.74 Å². The van der Waals surface area contributed by atoms with Gasteiger partial charge < -0.3 is 19.9 Å². The molecule has 1 aromatic rings. The summed E-state index contributed by atoms with van der Waals surface area (Å²) in [7, 11) is 2.94. The Labute approximate surface area is 113 Å². The van der Waals surface area contributed by atoms with E-state index in [-0.39, 0.29) is 6.42 Å². The third kappa shape index (κ3) is 4.44. The topological polar surface area (TPSA) is 67.8 Å². The molecule has 5 heteroatoms. The van der Waals surface area contributed by atoms with Gasteiger partial charge in [0.15, 0.2) is 0 Å². The number of methoxy groups -OCH3 is 2. The Morgan fingerprint density at radius 1 is 1.32 bits per heavy atom. The Bertz CT molecular complexity index is 445. The summed E-state index contributed by atoms with van der Waals surface area (Å²) in [5.74, 6) is 0.412. The van der Waals surface area contributed by atoms with Gasteiger partial charge in [-0.1, -0.05) is 0 Å². The highest BCUT2D eigenvalue weighted by Gasteiger charge is 2.11. The fourth-order valence-electron chi connectivity index (χ4n) is 1.78. The van der Waals surface area contributed by atoms with Gasteiger partial charge in [0.05, 0.1) is 26.7 Å². The molecule has 0 saturated carbocycles. The predicted molar refractivity (Wildman–Crippen MR) is 73.6 cm³/mol. The molecular formula is C14H21NO4. The first-order chi connectivity index (χ1) is 8.97. The number of esters is 1. The summed E-state index contributed by atoms with van der Waals surface area (Å²) in [6.07, 6.45) is -0.785. The van der Waals surface area contributed by atoms with E-state index in [0.717, 1.165) is 22.6 Å². The normalized spacial score (nSPS) is 11.8. The number of benzene rings is 1. The average molecular weight is 267 g/mol. The number of hydrogen-bond acceptors (Lipinski definition) is 5. The van der Waals surface area contributed by atoms with Gasteiger partial charge in [0.2, 0.25) is 0 Å². The molecule has 0 heterocycles. The van der Waals surface area contributed by atoms with Gasteiger partial charge in [-0.2, -0.15) is 0 Å². The zero-order valence-corrected chi connectivity index (χ0v) is 11.8. The molecule has 2 N–H and O–H groups in total. The molecule has 0 radical (unpaired) electrons. The van der Waals surface area contributed by atoms with Crippen LogP contribution in [0.25, 0.3) is 0 Å². The van der Waals surface area contributed by atoms with Crippen LogP contribution in [-0.4, -0.2) is 37.9 Å². The van der Waals surface area contributed by atoms with Crippen molar-refractivity contribution >= 4 is 11.7 Å². The largest absolute Gasteiger partial charge is 0.496 e. The molecule has 0 fully saturated rings. The zero-order chi connectivity index (χ0) is 14.4. The molecule has 0 amide bonds. The molecular weight excluding hydrogens is 246 g/mol. The first-order valence-corrected chi connectivity index (χ1v) is 6.12. The number of rotatable bonds is 6. The van der Waals surface area contributed by atoms with Crippen molar-refractivity contribution < 1.29 is 19.4 Å². The Morgan fingerprint density at radius 3 is 2.58 bits per heavy atom. The maximum Gasteiger partial charge on any atom is 0.308 e. The summed E-state index contributed by atoms with van der Waals surface area (Å²) >= 11 is 0. The van der Waals surface area contributed by atoms with Crippen LogP contribution in [0.2, 0.25) is 0 Å². The summed E-state index contributed by atoms with van der Waals surface area (Å²) in [5, 5.41) is 12.8. The van der Waals surface area contributed by atoms with Crippen molar-refractivity contribution in [1.82, 2.24) is 0 Å². The van der Waals surface area contributed by atoms with Crippen molar-refractivity contribution in [3.05, 3.63) is 23.3 Å². The van der Waals surface area contributed by atoms with Crippen molar-refractivity contribution in [2.24, 2.45) is 0 Å². The maximum atomic E-state index is 11.0. The number of aliphatic hydroxyl groups is 1. The Balaban J connectivity index is 2.63. The minimum Gasteiger partial charge on any atom is -0.496 e. The Hall–Kier alpha value is -1.75. The van der Waals surface area contributed by atoms with Crippen LogP contribution in [0, 0.1) is 13.8 Å². The van der Waals surface area contributed by atoms with Gasteiger partial charge in [0.1, 0.15) is 5.75 Å². The van der Waals surface area contributed by atoms with Crippen molar-refractivity contribution in [2.75, 3.05) is 26.1 Å². The smallest absolute Gasteiger partial charge is 0.308 e. The van der Waals surface area contributed by atoms with Crippen LogP contribution in [0.3, 0.4) is 0 Å². The lowest BCUT2D eigenvalue weighted by Crippen LogP contribution is -2.23. The summed E-state index contributed by atoms with van der Waals surface area (Å²) in [4.78, 5) is 11.0. The molecule has 0 bridgehead atoms. The van der Waals surface area contributed by atoms with Gasteiger partial charge >= 0.3 is 5.97 Å². The number of aliphatic hydroxyl groups excluding tert-OH is 1. The molecule has 1 aromatic carbocycles. The van der Waals surface area contributed by atoms with Gasteiger partial charge in [-0.25, -0.2) is 0 Å². The zero-order valence-electron chi connectivity index (χ0n) is 11.8. The molecule has 0 aliphatic rings. The Kier molecular flexibility index (Phi) is 5.63. The molecule has 106 valence electrons. The van der Waals surface area contributed by atoms with Crippen molar-refractivity contribution in [1.29, 1.82) is 0 Å². The number of aryl methyl sites for hydroxylation is 2. The molecule has 0 saturated heterocycles. The first-order valence-electron chi connectivity index (χ1n) is 6.12. The quantitative estimate of drug-likeness (QED) is 0.767. The minimum atomic E-state index is -0.769. The van der Waals surface area contributed by atoms with Crippen LogP contribution in [0.1, 0.15) is 17.5 Å². The summed E-state index contributed by atoms with van der Waals surface area (Å²) in [5.41, 5.74) is 2.95. The monoisotopic (exact) mass is 267 g/mol. The number of carbonyl (C=O) groups is 1. The van der Waals surface area contributed by atoms with E-state index < -0.39 is 12.1 Å². The van der Waals surface area contributed by atoms with Gasteiger partial charge in [-0.05, 0) is 37.1 Å². The molecule has 1 unspecified atom stereocenters. The van der Waals surface area contributed by atoms with E-state index >= 15 is 0 Å². The van der Waals surface area contributed by atoms with Crippen LogP contribution in [0.4, 0.5) is 5.69 Å². The third-order valence-corrected chi connectivity index (χ3v) is 2.90. The highest BCUT2D eigenvalue weighted by molar-refractivity contribution is 5.69. The van der Waals surface area contributed by atoms with Crippen LogP contribution < -0.4 is 10.1 Å². The predicted octanol–water partition coefficient (Wildman–Crippen LogP) is 1.65. The van der Waals surface area contributed by atoms with Crippen LogP contribution in [0.15, 0.2) is 12.1 Å². The molecule has 1 atom stereocenters. The SMILES string of the molecule is COC(=O)CC(O)CNc1cc(C)c(OC)cc1C. The van der Waals surface area contributed by atoms with Crippen LogP contribution in [-0.2, 0) is 9.53 Å².